The first-order chi connectivity index (χ1) is 5.88. The molecule has 1 fully saturated rings. The zero-order chi connectivity index (χ0) is 8.39. The van der Waals surface area contributed by atoms with E-state index in [1.165, 1.54) is 12.0 Å². The number of aromatic nitrogens is 1. The lowest BCUT2D eigenvalue weighted by Crippen LogP contribution is -2.16. The van der Waals surface area contributed by atoms with Gasteiger partial charge in [-0.15, -0.1) is 0 Å². The molecule has 12 heavy (non-hydrogen) atoms. The van der Waals surface area contributed by atoms with Gasteiger partial charge in [0.05, 0.1) is 0 Å². The van der Waals surface area contributed by atoms with E-state index in [1.807, 2.05) is 12.4 Å². The van der Waals surface area contributed by atoms with E-state index in [0.717, 1.165) is 12.5 Å². The molecule has 2 rings (SSSR count). The average molecular weight is 162 g/mol. The molecule has 0 aromatic carbocycles. The molecular weight excluding hydrogens is 148 g/mol. The van der Waals surface area contributed by atoms with Crippen molar-refractivity contribution in [2.75, 3.05) is 6.54 Å². The highest BCUT2D eigenvalue weighted by atomic mass is 14.9. The van der Waals surface area contributed by atoms with Crippen LogP contribution in [-0.4, -0.2) is 11.5 Å². The van der Waals surface area contributed by atoms with Gasteiger partial charge in [-0.25, -0.2) is 0 Å². The monoisotopic (exact) mass is 162 g/mol. The SMILES string of the molecule is CC1CCNC1c1ccncc1. The molecule has 0 aliphatic carbocycles. The molecule has 2 atom stereocenters. The zero-order valence-corrected chi connectivity index (χ0v) is 7.33. The standard InChI is InChI=1S/C10H14N2/c1-8-2-7-12-10(8)9-3-5-11-6-4-9/h3-6,8,10,12H,2,7H2,1H3. The molecule has 1 aromatic rings. The van der Waals surface area contributed by atoms with E-state index in [1.54, 1.807) is 0 Å². The Balaban J connectivity index is 2.19. The maximum absolute atomic E-state index is 4.01. The first-order valence-electron chi connectivity index (χ1n) is 4.51. The van der Waals surface area contributed by atoms with E-state index in [2.05, 4.69) is 29.4 Å². The van der Waals surface area contributed by atoms with Gasteiger partial charge in [0.15, 0.2) is 0 Å². The van der Waals surface area contributed by atoms with Crippen LogP contribution in [0.5, 0.6) is 0 Å². The van der Waals surface area contributed by atoms with Crippen LogP contribution in [0.2, 0.25) is 0 Å². The predicted octanol–water partition coefficient (Wildman–Crippen LogP) is 1.75. The van der Waals surface area contributed by atoms with Crippen molar-refractivity contribution >= 4 is 0 Å². The first kappa shape index (κ1) is 7.74. The summed E-state index contributed by atoms with van der Waals surface area (Å²) in [6.45, 7) is 3.44. The van der Waals surface area contributed by atoms with Crippen LogP contribution < -0.4 is 5.32 Å². The molecule has 64 valence electrons. The summed E-state index contributed by atoms with van der Waals surface area (Å²) in [5.74, 6) is 0.757. The van der Waals surface area contributed by atoms with Crippen molar-refractivity contribution < 1.29 is 0 Å². The summed E-state index contributed by atoms with van der Waals surface area (Å²) >= 11 is 0. The van der Waals surface area contributed by atoms with Crippen molar-refractivity contribution in [3.05, 3.63) is 30.1 Å². The van der Waals surface area contributed by atoms with Gasteiger partial charge in [0.2, 0.25) is 0 Å². The second-order valence-corrected chi connectivity index (χ2v) is 3.48. The van der Waals surface area contributed by atoms with Crippen LogP contribution in [0.25, 0.3) is 0 Å². The Morgan fingerprint density at radius 3 is 2.75 bits per heavy atom. The van der Waals surface area contributed by atoms with Gasteiger partial charge < -0.3 is 5.32 Å². The largest absolute Gasteiger partial charge is 0.310 e. The molecule has 0 radical (unpaired) electrons. The molecule has 2 unspecified atom stereocenters. The topological polar surface area (TPSA) is 24.9 Å². The van der Waals surface area contributed by atoms with Crippen molar-refractivity contribution in [1.82, 2.24) is 10.3 Å². The highest BCUT2D eigenvalue weighted by molar-refractivity contribution is 5.16. The maximum atomic E-state index is 4.01. The molecule has 1 aliphatic rings. The van der Waals surface area contributed by atoms with Gasteiger partial charge in [-0.1, -0.05) is 6.92 Å². The van der Waals surface area contributed by atoms with Gasteiger partial charge in [-0.2, -0.15) is 0 Å². The van der Waals surface area contributed by atoms with Crippen LogP contribution in [-0.2, 0) is 0 Å². The molecule has 0 amide bonds. The van der Waals surface area contributed by atoms with Crippen molar-refractivity contribution in [3.8, 4) is 0 Å². The minimum atomic E-state index is 0.549. The molecule has 0 saturated carbocycles. The van der Waals surface area contributed by atoms with E-state index >= 15 is 0 Å². The highest BCUT2D eigenvalue weighted by Crippen LogP contribution is 2.27. The number of nitrogens with zero attached hydrogens (tertiary/aromatic N) is 1. The lowest BCUT2D eigenvalue weighted by Gasteiger charge is -2.15. The van der Waals surface area contributed by atoms with Crippen LogP contribution in [0.4, 0.5) is 0 Å². The summed E-state index contributed by atoms with van der Waals surface area (Å²) in [4.78, 5) is 4.01. The summed E-state index contributed by atoms with van der Waals surface area (Å²) < 4.78 is 0. The quantitative estimate of drug-likeness (QED) is 0.680. The normalized spacial score (nSPS) is 29.1. The minimum Gasteiger partial charge on any atom is -0.310 e. The third-order valence-electron chi connectivity index (χ3n) is 2.60. The van der Waals surface area contributed by atoms with E-state index in [0.29, 0.717) is 6.04 Å². The van der Waals surface area contributed by atoms with Crippen LogP contribution in [0.3, 0.4) is 0 Å². The summed E-state index contributed by atoms with van der Waals surface area (Å²) in [6.07, 6.45) is 5.01. The number of hydrogen-bond donors (Lipinski definition) is 1. The zero-order valence-electron chi connectivity index (χ0n) is 7.33. The van der Waals surface area contributed by atoms with Crippen molar-refractivity contribution in [3.63, 3.8) is 0 Å². The Bertz CT molecular complexity index is 245. The van der Waals surface area contributed by atoms with Gasteiger partial charge in [0, 0.05) is 18.4 Å². The summed E-state index contributed by atoms with van der Waals surface area (Å²) in [6, 6.07) is 4.74. The minimum absolute atomic E-state index is 0.549. The number of pyridine rings is 1. The Morgan fingerprint density at radius 2 is 2.17 bits per heavy atom. The number of nitrogens with one attached hydrogen (secondary N) is 1. The van der Waals surface area contributed by atoms with Gasteiger partial charge in [0.25, 0.3) is 0 Å². The van der Waals surface area contributed by atoms with Gasteiger partial charge >= 0.3 is 0 Å². The molecule has 1 N–H and O–H groups in total. The van der Waals surface area contributed by atoms with Crippen LogP contribution >= 0.6 is 0 Å². The Hall–Kier alpha value is -0.890. The van der Waals surface area contributed by atoms with E-state index in [4.69, 9.17) is 0 Å². The number of hydrogen-bond acceptors (Lipinski definition) is 2. The average Bonchev–Trinajstić information content (AvgIpc) is 2.53. The van der Waals surface area contributed by atoms with Crippen molar-refractivity contribution in [1.29, 1.82) is 0 Å². The van der Waals surface area contributed by atoms with E-state index in [9.17, 15) is 0 Å². The molecule has 2 heteroatoms. The number of rotatable bonds is 1. The maximum Gasteiger partial charge on any atom is 0.0347 e. The molecule has 1 aromatic heterocycles. The first-order valence-corrected chi connectivity index (χ1v) is 4.51. The van der Waals surface area contributed by atoms with Gasteiger partial charge in [0.1, 0.15) is 0 Å². The van der Waals surface area contributed by atoms with Gasteiger partial charge in [-0.3, -0.25) is 4.98 Å². The summed E-state index contributed by atoms with van der Waals surface area (Å²) in [5.41, 5.74) is 1.37. The van der Waals surface area contributed by atoms with Crippen LogP contribution in [0.15, 0.2) is 24.5 Å². The Kier molecular flexibility index (Phi) is 2.09. The van der Waals surface area contributed by atoms with E-state index in [-0.39, 0.29) is 0 Å². The molecule has 1 aliphatic heterocycles. The fourth-order valence-corrected chi connectivity index (χ4v) is 1.85. The lowest BCUT2D eigenvalue weighted by atomic mass is 9.97. The molecule has 0 bridgehead atoms. The second kappa shape index (κ2) is 3.23. The summed E-state index contributed by atoms with van der Waals surface area (Å²) in [5, 5.41) is 3.49. The molecule has 0 spiro atoms. The van der Waals surface area contributed by atoms with Crippen molar-refractivity contribution in [2.24, 2.45) is 5.92 Å². The third-order valence-corrected chi connectivity index (χ3v) is 2.60. The molecule has 2 nitrogen and oxygen atoms in total. The fraction of sp³-hybridized carbons (Fsp3) is 0.500. The van der Waals surface area contributed by atoms with Crippen LogP contribution in [0, 0.1) is 5.92 Å². The molecule has 2 heterocycles. The lowest BCUT2D eigenvalue weighted by molar-refractivity contribution is 0.503. The Morgan fingerprint density at radius 1 is 1.42 bits per heavy atom. The van der Waals surface area contributed by atoms with E-state index < -0.39 is 0 Å². The molecular formula is C10H14N2. The Labute approximate surface area is 73.0 Å². The predicted molar refractivity (Wildman–Crippen MR) is 48.8 cm³/mol. The third kappa shape index (κ3) is 1.34. The highest BCUT2D eigenvalue weighted by Gasteiger charge is 2.23. The van der Waals surface area contributed by atoms with Crippen molar-refractivity contribution in [2.45, 2.75) is 19.4 Å². The summed E-state index contributed by atoms with van der Waals surface area (Å²) in [7, 11) is 0. The second-order valence-electron chi connectivity index (χ2n) is 3.48. The van der Waals surface area contributed by atoms with Crippen LogP contribution in [0.1, 0.15) is 24.9 Å². The molecule has 1 saturated heterocycles. The smallest absolute Gasteiger partial charge is 0.0347 e. The van der Waals surface area contributed by atoms with Gasteiger partial charge in [-0.05, 0) is 36.6 Å². The fourth-order valence-electron chi connectivity index (χ4n) is 1.85.